The molecule has 1 amide bonds. The van der Waals surface area contributed by atoms with Crippen molar-refractivity contribution in [3.63, 3.8) is 0 Å². The first-order chi connectivity index (χ1) is 12.2. The van der Waals surface area contributed by atoms with E-state index in [2.05, 4.69) is 11.4 Å². The minimum atomic E-state index is -0.132. The molecular formula is C20H19N3OS. The molecule has 25 heavy (non-hydrogen) atoms. The zero-order chi connectivity index (χ0) is 17.4. The topological polar surface area (TPSA) is 65.8 Å². The highest BCUT2D eigenvalue weighted by molar-refractivity contribution is 7.11. The quantitative estimate of drug-likeness (QED) is 0.766. The van der Waals surface area contributed by atoms with Crippen LogP contribution in [0.2, 0.25) is 0 Å². The lowest BCUT2D eigenvalue weighted by Gasteiger charge is -2.14. The number of nitrogens with one attached hydrogen (secondary N) is 1. The summed E-state index contributed by atoms with van der Waals surface area (Å²) in [4.78, 5) is 16.5. The Morgan fingerprint density at radius 3 is 2.88 bits per heavy atom. The first-order valence-corrected chi connectivity index (χ1v) is 9.58. The minimum absolute atomic E-state index is 0.0416. The summed E-state index contributed by atoms with van der Waals surface area (Å²) in [5.41, 5.74) is 5.80. The summed E-state index contributed by atoms with van der Waals surface area (Å²) in [7, 11) is 0. The number of anilines is 1. The Morgan fingerprint density at radius 1 is 1.32 bits per heavy atom. The Kier molecular flexibility index (Phi) is 4.14. The number of allylic oxidation sites excluding steroid dienone is 2. The summed E-state index contributed by atoms with van der Waals surface area (Å²) in [6.45, 7) is 1.92. The van der Waals surface area contributed by atoms with Crippen LogP contribution in [0, 0.1) is 11.3 Å². The molecule has 2 heterocycles. The van der Waals surface area contributed by atoms with Crippen LogP contribution >= 0.6 is 11.3 Å². The van der Waals surface area contributed by atoms with Crippen LogP contribution in [-0.2, 0) is 4.79 Å². The van der Waals surface area contributed by atoms with Gasteiger partial charge < -0.3 is 5.32 Å². The van der Waals surface area contributed by atoms with Crippen molar-refractivity contribution >= 4 is 28.5 Å². The molecule has 2 aromatic rings. The van der Waals surface area contributed by atoms with Crippen LogP contribution in [0.1, 0.15) is 55.5 Å². The van der Waals surface area contributed by atoms with Crippen molar-refractivity contribution in [3.05, 3.63) is 39.7 Å². The molecule has 5 heteroatoms. The van der Waals surface area contributed by atoms with E-state index in [9.17, 15) is 10.1 Å². The van der Waals surface area contributed by atoms with Crippen molar-refractivity contribution in [1.82, 2.24) is 4.98 Å². The molecule has 1 unspecified atom stereocenters. The number of nitriles is 1. The van der Waals surface area contributed by atoms with Gasteiger partial charge in [0.2, 0.25) is 5.91 Å². The van der Waals surface area contributed by atoms with E-state index in [0.717, 1.165) is 45.9 Å². The molecule has 1 atom stereocenters. The summed E-state index contributed by atoms with van der Waals surface area (Å²) in [5, 5.41) is 15.3. The molecule has 0 radical (unpaired) electrons. The third-order valence-corrected chi connectivity index (χ3v) is 5.97. The van der Waals surface area contributed by atoms with E-state index >= 15 is 0 Å². The van der Waals surface area contributed by atoms with E-state index in [1.165, 1.54) is 36.2 Å². The fourth-order valence-corrected chi connectivity index (χ4v) is 4.48. The summed E-state index contributed by atoms with van der Waals surface area (Å²) in [6, 6.07) is 8.34. The maximum absolute atomic E-state index is 11.8. The van der Waals surface area contributed by atoms with Crippen molar-refractivity contribution in [3.8, 4) is 17.3 Å². The maximum atomic E-state index is 11.8. The summed E-state index contributed by atoms with van der Waals surface area (Å²) in [5.74, 6) is -0.0907. The van der Waals surface area contributed by atoms with Crippen LogP contribution in [-0.4, -0.2) is 10.9 Å². The zero-order valence-corrected chi connectivity index (χ0v) is 14.9. The minimum Gasteiger partial charge on any atom is -0.325 e. The van der Waals surface area contributed by atoms with E-state index in [1.54, 1.807) is 0 Å². The number of amides is 1. The third-order valence-electron chi connectivity index (χ3n) is 5.11. The van der Waals surface area contributed by atoms with E-state index in [4.69, 9.17) is 4.98 Å². The van der Waals surface area contributed by atoms with Gasteiger partial charge in [-0.15, -0.1) is 11.3 Å². The van der Waals surface area contributed by atoms with Crippen LogP contribution in [0.15, 0.2) is 29.2 Å². The molecule has 1 aliphatic carbocycles. The molecule has 1 saturated carbocycles. The first-order valence-electron chi connectivity index (χ1n) is 8.70. The SMILES string of the molecule is CC1C(=O)Nc2ccc(-c3csc(C(C#N)=C4CCCCC4)n3)cc21. The average molecular weight is 349 g/mol. The van der Waals surface area contributed by atoms with Crippen molar-refractivity contribution in [2.75, 3.05) is 5.32 Å². The molecule has 0 spiro atoms. The van der Waals surface area contributed by atoms with Gasteiger partial charge in [0.15, 0.2) is 0 Å². The van der Waals surface area contributed by atoms with Gasteiger partial charge in [0, 0.05) is 16.6 Å². The number of hydrogen-bond donors (Lipinski definition) is 1. The largest absolute Gasteiger partial charge is 0.325 e. The normalized spacial score (nSPS) is 19.3. The predicted molar refractivity (Wildman–Crippen MR) is 100 cm³/mol. The van der Waals surface area contributed by atoms with Gasteiger partial charge in [-0.25, -0.2) is 4.98 Å². The lowest BCUT2D eigenvalue weighted by molar-refractivity contribution is -0.116. The Morgan fingerprint density at radius 2 is 2.12 bits per heavy atom. The van der Waals surface area contributed by atoms with Crippen LogP contribution in [0.3, 0.4) is 0 Å². The standard InChI is InChI=1S/C20H19N3OS/c1-12-15-9-14(7-8-17(15)22-19(12)24)18-11-25-20(23-18)16(10-21)13-5-3-2-4-6-13/h7-9,11-12H,2-6H2,1H3,(H,22,24). The summed E-state index contributed by atoms with van der Waals surface area (Å²) < 4.78 is 0. The Hall–Kier alpha value is -2.45. The molecule has 1 fully saturated rings. The molecule has 0 bridgehead atoms. The highest BCUT2D eigenvalue weighted by Crippen LogP contribution is 2.37. The third kappa shape index (κ3) is 2.87. The van der Waals surface area contributed by atoms with Gasteiger partial charge in [-0.1, -0.05) is 12.5 Å². The van der Waals surface area contributed by atoms with Gasteiger partial charge in [-0.2, -0.15) is 5.26 Å². The molecule has 4 rings (SSSR count). The molecule has 1 N–H and O–H groups in total. The smallest absolute Gasteiger partial charge is 0.231 e. The van der Waals surface area contributed by atoms with Gasteiger partial charge in [0.05, 0.1) is 17.2 Å². The fourth-order valence-electron chi connectivity index (χ4n) is 3.60. The van der Waals surface area contributed by atoms with Crippen LogP contribution in [0.25, 0.3) is 16.8 Å². The molecule has 4 nitrogen and oxygen atoms in total. The number of rotatable bonds is 2. The molecule has 126 valence electrons. The molecule has 1 aromatic heterocycles. The van der Waals surface area contributed by atoms with E-state index < -0.39 is 0 Å². The molecule has 2 aliphatic rings. The summed E-state index contributed by atoms with van der Waals surface area (Å²) in [6.07, 6.45) is 5.63. The molecule has 1 aliphatic heterocycles. The van der Waals surface area contributed by atoms with Gasteiger partial charge >= 0.3 is 0 Å². The highest BCUT2D eigenvalue weighted by atomic mass is 32.1. The molecule has 0 saturated heterocycles. The molecule has 1 aromatic carbocycles. The fraction of sp³-hybridized carbons (Fsp3) is 0.350. The van der Waals surface area contributed by atoms with Crippen molar-refractivity contribution < 1.29 is 4.79 Å². The zero-order valence-electron chi connectivity index (χ0n) is 14.1. The number of carbonyl (C=O) groups is 1. The number of fused-ring (bicyclic) bond motifs is 1. The lowest BCUT2D eigenvalue weighted by atomic mass is 9.91. The number of aromatic nitrogens is 1. The van der Waals surface area contributed by atoms with E-state index in [0.29, 0.717) is 0 Å². The number of carbonyl (C=O) groups excluding carboxylic acids is 1. The van der Waals surface area contributed by atoms with E-state index in [-0.39, 0.29) is 11.8 Å². The maximum Gasteiger partial charge on any atom is 0.231 e. The number of nitrogens with zero attached hydrogens (tertiary/aromatic N) is 2. The summed E-state index contributed by atoms with van der Waals surface area (Å²) >= 11 is 1.53. The Balaban J connectivity index is 1.68. The van der Waals surface area contributed by atoms with E-state index in [1.807, 2.05) is 30.5 Å². The second-order valence-electron chi connectivity index (χ2n) is 6.70. The van der Waals surface area contributed by atoms with Gasteiger partial charge in [-0.05, 0) is 55.9 Å². The monoisotopic (exact) mass is 349 g/mol. The van der Waals surface area contributed by atoms with Gasteiger partial charge in [-0.3, -0.25) is 4.79 Å². The Labute approximate surface area is 151 Å². The number of benzene rings is 1. The first kappa shape index (κ1) is 16.0. The lowest BCUT2D eigenvalue weighted by Crippen LogP contribution is -2.08. The predicted octanol–water partition coefficient (Wildman–Crippen LogP) is 5.11. The molecular weight excluding hydrogens is 330 g/mol. The second-order valence-corrected chi connectivity index (χ2v) is 7.56. The second kappa shape index (κ2) is 6.45. The van der Waals surface area contributed by atoms with Crippen molar-refractivity contribution in [2.45, 2.75) is 44.9 Å². The van der Waals surface area contributed by atoms with Gasteiger partial charge in [0.25, 0.3) is 0 Å². The number of hydrogen-bond acceptors (Lipinski definition) is 4. The number of thiazole rings is 1. The van der Waals surface area contributed by atoms with Crippen LogP contribution < -0.4 is 5.32 Å². The van der Waals surface area contributed by atoms with Crippen LogP contribution in [0.5, 0.6) is 0 Å². The van der Waals surface area contributed by atoms with Crippen LogP contribution in [0.4, 0.5) is 5.69 Å². The highest BCUT2D eigenvalue weighted by Gasteiger charge is 2.27. The van der Waals surface area contributed by atoms with Gasteiger partial charge in [0.1, 0.15) is 11.1 Å². The van der Waals surface area contributed by atoms with Crippen molar-refractivity contribution in [2.24, 2.45) is 0 Å². The van der Waals surface area contributed by atoms with Crippen molar-refractivity contribution in [1.29, 1.82) is 5.26 Å². The Bertz CT molecular complexity index is 911. The average Bonchev–Trinajstić information content (AvgIpc) is 3.22.